The van der Waals surface area contributed by atoms with Crippen molar-refractivity contribution in [1.29, 1.82) is 0 Å². The maximum absolute atomic E-state index is 13.8. The van der Waals surface area contributed by atoms with Gasteiger partial charge in [-0.05, 0) is 19.1 Å². The molecule has 0 N–H and O–H groups in total. The number of hydrogen-bond donors (Lipinski definition) is 0. The van der Waals surface area contributed by atoms with Crippen molar-refractivity contribution in [3.8, 4) is 0 Å². The van der Waals surface area contributed by atoms with Crippen molar-refractivity contribution in [3.05, 3.63) is 57.8 Å². The Morgan fingerprint density at radius 2 is 1.86 bits per heavy atom. The zero-order valence-electron chi connectivity index (χ0n) is 11.6. The third kappa shape index (κ3) is 3.41. The first kappa shape index (κ1) is 16.4. The van der Waals surface area contributed by atoms with Gasteiger partial charge in [0.1, 0.15) is 5.69 Å². The van der Waals surface area contributed by atoms with Crippen LogP contribution in [0, 0.1) is 11.8 Å². The van der Waals surface area contributed by atoms with Gasteiger partial charge in [-0.1, -0.05) is 28.1 Å². The highest BCUT2D eigenvalue weighted by Crippen LogP contribution is 2.17. The number of hydrogen-bond acceptors (Lipinski definition) is 3. The van der Waals surface area contributed by atoms with Gasteiger partial charge in [-0.15, -0.1) is 0 Å². The minimum atomic E-state index is -1.27. The Labute approximate surface area is 133 Å². The molecule has 116 valence electrons. The van der Waals surface area contributed by atoms with Crippen LogP contribution in [0.1, 0.15) is 27.8 Å². The van der Waals surface area contributed by atoms with Crippen LogP contribution in [0.4, 0.5) is 8.78 Å². The predicted molar refractivity (Wildman–Crippen MR) is 78.8 cm³/mol. The van der Waals surface area contributed by atoms with E-state index >= 15 is 0 Å². The smallest absolute Gasteiger partial charge is 0.355 e. The molecular weight excluding hydrogens is 360 g/mol. The van der Waals surface area contributed by atoms with Gasteiger partial charge in [0.05, 0.1) is 13.2 Å². The second kappa shape index (κ2) is 6.83. The first-order valence-corrected chi connectivity index (χ1v) is 7.23. The molecule has 2 aromatic rings. The minimum Gasteiger partial charge on any atom is -0.461 e. The van der Waals surface area contributed by atoms with Crippen LogP contribution in [0.2, 0.25) is 0 Å². The molecule has 0 saturated heterocycles. The van der Waals surface area contributed by atoms with Crippen LogP contribution in [-0.4, -0.2) is 22.9 Å². The lowest BCUT2D eigenvalue weighted by molar-refractivity contribution is 0.0512. The maximum atomic E-state index is 13.8. The molecule has 0 atom stereocenters. The van der Waals surface area contributed by atoms with E-state index in [1.165, 1.54) is 0 Å². The lowest BCUT2D eigenvalue weighted by atomic mass is 10.1. The summed E-state index contributed by atoms with van der Waals surface area (Å²) < 4.78 is 33.4. The lowest BCUT2D eigenvalue weighted by Crippen LogP contribution is -2.18. The number of esters is 1. The topological polar surface area (TPSA) is 48.3 Å². The third-order valence-electron chi connectivity index (χ3n) is 2.94. The Hall–Kier alpha value is -2.02. The molecule has 0 unspecified atom stereocenters. The Morgan fingerprint density at radius 3 is 2.45 bits per heavy atom. The zero-order valence-corrected chi connectivity index (χ0v) is 13.2. The van der Waals surface area contributed by atoms with Crippen LogP contribution in [0.3, 0.4) is 0 Å². The third-order valence-corrected chi connectivity index (χ3v) is 3.47. The second-order valence-electron chi connectivity index (χ2n) is 4.41. The molecule has 22 heavy (non-hydrogen) atoms. The van der Waals surface area contributed by atoms with Gasteiger partial charge in [0, 0.05) is 16.1 Å². The molecule has 0 aliphatic heterocycles. The highest BCUT2D eigenvalue weighted by Gasteiger charge is 2.23. The number of benzene rings is 1. The molecule has 0 fully saturated rings. The lowest BCUT2D eigenvalue weighted by Gasteiger charge is -2.08. The van der Waals surface area contributed by atoms with Gasteiger partial charge < -0.3 is 9.30 Å². The van der Waals surface area contributed by atoms with E-state index in [4.69, 9.17) is 4.74 Å². The first-order valence-electron chi connectivity index (χ1n) is 6.44. The van der Waals surface area contributed by atoms with Gasteiger partial charge in [0.2, 0.25) is 5.95 Å². The summed E-state index contributed by atoms with van der Waals surface area (Å²) in [5.74, 6) is -3.80. The highest BCUT2D eigenvalue weighted by molar-refractivity contribution is 9.10. The quantitative estimate of drug-likeness (QED) is 0.596. The Morgan fingerprint density at radius 1 is 1.23 bits per heavy atom. The number of halogens is 3. The fraction of sp³-hybridized carbons (Fsp3) is 0.200. The van der Waals surface area contributed by atoms with Gasteiger partial charge >= 0.3 is 5.97 Å². The summed E-state index contributed by atoms with van der Waals surface area (Å²) in [5, 5.41) is 0. The van der Waals surface area contributed by atoms with Crippen LogP contribution >= 0.6 is 15.9 Å². The van der Waals surface area contributed by atoms with Crippen molar-refractivity contribution in [1.82, 2.24) is 4.57 Å². The van der Waals surface area contributed by atoms with Crippen molar-refractivity contribution >= 4 is 27.7 Å². The number of nitrogens with zero attached hydrogens (tertiary/aromatic N) is 1. The molecule has 0 bridgehead atoms. The number of carbonyl (C=O) groups excluding carboxylic acids is 2. The number of aromatic nitrogens is 1. The molecule has 0 aliphatic rings. The summed E-state index contributed by atoms with van der Waals surface area (Å²) in [6, 6.07) is 7.14. The molecule has 1 aromatic heterocycles. The summed E-state index contributed by atoms with van der Waals surface area (Å²) in [7, 11) is 0. The van der Waals surface area contributed by atoms with Crippen molar-refractivity contribution in [2.75, 3.05) is 6.61 Å². The molecule has 1 aromatic carbocycles. The molecule has 4 nitrogen and oxygen atoms in total. The second-order valence-corrected chi connectivity index (χ2v) is 5.32. The largest absolute Gasteiger partial charge is 0.461 e. The van der Waals surface area contributed by atoms with E-state index < -0.39 is 30.1 Å². The van der Waals surface area contributed by atoms with Crippen LogP contribution in [-0.2, 0) is 11.3 Å². The van der Waals surface area contributed by atoms with E-state index in [0.29, 0.717) is 10.1 Å². The number of ether oxygens (including phenoxy) is 1. The SMILES string of the molecule is CCOC(=O)c1cc(F)c(F)n1CC(=O)c1ccc(Br)cc1. The maximum Gasteiger partial charge on any atom is 0.355 e. The summed E-state index contributed by atoms with van der Waals surface area (Å²) in [4.78, 5) is 23.8. The minimum absolute atomic E-state index is 0.0634. The van der Waals surface area contributed by atoms with Crippen molar-refractivity contribution in [2.45, 2.75) is 13.5 Å². The molecular formula is C15H12BrF2NO3. The molecule has 2 rings (SSSR count). The molecule has 0 spiro atoms. The summed E-state index contributed by atoms with van der Waals surface area (Å²) in [5.41, 5.74) is -0.00571. The Bertz CT molecular complexity index is 710. The number of ketones is 1. The average Bonchev–Trinajstić information content (AvgIpc) is 2.76. The van der Waals surface area contributed by atoms with Gasteiger partial charge in [0.15, 0.2) is 11.6 Å². The van der Waals surface area contributed by atoms with E-state index in [1.807, 2.05) is 0 Å². The molecule has 1 heterocycles. The standard InChI is InChI=1S/C15H12BrF2NO3/c1-2-22-15(21)12-7-11(17)14(18)19(12)8-13(20)9-3-5-10(16)6-4-9/h3-7H,2,8H2,1H3. The number of Topliss-reactive ketones (excluding diaryl/α,β-unsaturated/α-hetero) is 1. The van der Waals surface area contributed by atoms with Gasteiger partial charge in [-0.25, -0.2) is 9.18 Å². The fourth-order valence-electron chi connectivity index (χ4n) is 1.89. The summed E-state index contributed by atoms with van der Waals surface area (Å²) in [6.45, 7) is 1.14. The van der Waals surface area contributed by atoms with E-state index in [0.717, 1.165) is 10.5 Å². The van der Waals surface area contributed by atoms with Crippen molar-refractivity contribution < 1.29 is 23.1 Å². The van der Waals surface area contributed by atoms with Gasteiger partial charge in [-0.3, -0.25) is 4.79 Å². The average molecular weight is 372 g/mol. The molecule has 0 radical (unpaired) electrons. The van der Waals surface area contributed by atoms with E-state index in [-0.39, 0.29) is 12.3 Å². The predicted octanol–water partition coefficient (Wildman–Crippen LogP) is 3.59. The first-order chi connectivity index (χ1) is 10.4. The highest BCUT2D eigenvalue weighted by atomic mass is 79.9. The Kier molecular flexibility index (Phi) is 5.07. The fourth-order valence-corrected chi connectivity index (χ4v) is 2.16. The molecule has 0 aliphatic carbocycles. The molecule has 7 heteroatoms. The molecule has 0 saturated carbocycles. The summed E-state index contributed by atoms with van der Waals surface area (Å²) in [6.07, 6.45) is 0. The van der Waals surface area contributed by atoms with Gasteiger partial charge in [0.25, 0.3) is 0 Å². The van der Waals surface area contributed by atoms with Crippen LogP contribution in [0.15, 0.2) is 34.8 Å². The zero-order chi connectivity index (χ0) is 16.3. The van der Waals surface area contributed by atoms with E-state index in [2.05, 4.69) is 15.9 Å². The number of rotatable bonds is 5. The normalized spacial score (nSPS) is 10.5. The van der Waals surface area contributed by atoms with Gasteiger partial charge in [-0.2, -0.15) is 4.39 Å². The van der Waals surface area contributed by atoms with Crippen LogP contribution < -0.4 is 0 Å². The van der Waals surface area contributed by atoms with Crippen LogP contribution in [0.5, 0.6) is 0 Å². The van der Waals surface area contributed by atoms with Crippen LogP contribution in [0.25, 0.3) is 0 Å². The molecule has 0 amide bonds. The van der Waals surface area contributed by atoms with Crippen molar-refractivity contribution in [2.24, 2.45) is 0 Å². The van der Waals surface area contributed by atoms with E-state index in [1.54, 1.807) is 31.2 Å². The summed E-state index contributed by atoms with van der Waals surface area (Å²) >= 11 is 3.24. The van der Waals surface area contributed by atoms with Crippen molar-refractivity contribution in [3.63, 3.8) is 0 Å². The monoisotopic (exact) mass is 371 g/mol. The Balaban J connectivity index is 2.30. The number of carbonyl (C=O) groups is 2. The van der Waals surface area contributed by atoms with E-state index in [9.17, 15) is 18.4 Å².